The molecular weight excluding hydrogens is 243 g/mol. The molecule has 2 aromatic rings. The zero-order chi connectivity index (χ0) is 13.8. The minimum Gasteiger partial charge on any atom is -0.337 e. The van der Waals surface area contributed by atoms with Crippen LogP contribution in [0.25, 0.3) is 0 Å². The number of nitrogens with zero attached hydrogens (tertiary/aromatic N) is 3. The van der Waals surface area contributed by atoms with Crippen molar-refractivity contribution in [3.63, 3.8) is 0 Å². The van der Waals surface area contributed by atoms with E-state index < -0.39 is 0 Å². The average molecular weight is 262 g/mol. The first-order valence-corrected chi connectivity index (χ1v) is 6.24. The molecule has 4 nitrogen and oxygen atoms in total. The van der Waals surface area contributed by atoms with Crippen molar-refractivity contribution < 1.29 is 4.39 Å². The summed E-state index contributed by atoms with van der Waals surface area (Å²) in [6, 6.07) is 6.60. The molecule has 0 spiro atoms. The van der Waals surface area contributed by atoms with Crippen LogP contribution in [-0.2, 0) is 13.6 Å². The summed E-state index contributed by atoms with van der Waals surface area (Å²) in [7, 11) is 3.87. The predicted octanol–water partition coefficient (Wildman–Crippen LogP) is 1.69. The summed E-state index contributed by atoms with van der Waals surface area (Å²) in [5.74, 6) is 0.710. The lowest BCUT2D eigenvalue weighted by Gasteiger charge is -2.27. The number of nitrogens with two attached hydrogens (primary N) is 1. The third kappa shape index (κ3) is 3.00. The molecule has 1 aromatic heterocycles. The Labute approximate surface area is 112 Å². The quantitative estimate of drug-likeness (QED) is 0.892. The number of rotatable bonds is 5. The highest BCUT2D eigenvalue weighted by atomic mass is 19.1. The van der Waals surface area contributed by atoms with Crippen molar-refractivity contribution in [2.24, 2.45) is 12.8 Å². The van der Waals surface area contributed by atoms with Crippen LogP contribution in [0.5, 0.6) is 0 Å². The van der Waals surface area contributed by atoms with Crippen LogP contribution in [0.15, 0.2) is 36.7 Å². The summed E-state index contributed by atoms with van der Waals surface area (Å²) >= 11 is 0. The molecule has 0 bridgehead atoms. The van der Waals surface area contributed by atoms with Gasteiger partial charge in [-0.25, -0.2) is 9.37 Å². The third-order valence-electron chi connectivity index (χ3n) is 3.33. The van der Waals surface area contributed by atoms with Gasteiger partial charge in [-0.2, -0.15) is 0 Å². The van der Waals surface area contributed by atoms with Crippen LogP contribution in [0.2, 0.25) is 0 Å². The molecule has 1 unspecified atom stereocenters. The van der Waals surface area contributed by atoms with E-state index in [2.05, 4.69) is 4.98 Å². The molecule has 1 heterocycles. The molecule has 0 aliphatic heterocycles. The van der Waals surface area contributed by atoms with Gasteiger partial charge in [-0.1, -0.05) is 18.2 Å². The highest BCUT2D eigenvalue weighted by Crippen LogP contribution is 2.22. The topological polar surface area (TPSA) is 47.1 Å². The minimum absolute atomic E-state index is 0.155. The van der Waals surface area contributed by atoms with E-state index >= 15 is 0 Å². The summed E-state index contributed by atoms with van der Waals surface area (Å²) < 4.78 is 15.8. The first kappa shape index (κ1) is 13.7. The monoisotopic (exact) mass is 262 g/mol. The van der Waals surface area contributed by atoms with Crippen LogP contribution in [0.3, 0.4) is 0 Å². The van der Waals surface area contributed by atoms with E-state index in [0.29, 0.717) is 18.7 Å². The van der Waals surface area contributed by atoms with Crippen LogP contribution in [0, 0.1) is 5.82 Å². The molecule has 0 saturated carbocycles. The lowest BCUT2D eigenvalue weighted by Crippen LogP contribution is -2.31. The van der Waals surface area contributed by atoms with E-state index in [1.807, 2.05) is 35.8 Å². The van der Waals surface area contributed by atoms with Gasteiger partial charge in [-0.05, 0) is 13.1 Å². The molecule has 0 radical (unpaired) electrons. The zero-order valence-electron chi connectivity index (χ0n) is 11.3. The number of aryl methyl sites for hydroxylation is 1. The Bertz CT molecular complexity index is 538. The van der Waals surface area contributed by atoms with Gasteiger partial charge >= 0.3 is 0 Å². The molecule has 1 aromatic carbocycles. The summed E-state index contributed by atoms with van der Waals surface area (Å²) in [5, 5.41) is 0. The van der Waals surface area contributed by atoms with Gasteiger partial charge in [-0.3, -0.25) is 4.90 Å². The maximum absolute atomic E-state index is 13.8. The van der Waals surface area contributed by atoms with E-state index in [4.69, 9.17) is 5.73 Å². The molecule has 0 aliphatic rings. The Kier molecular flexibility index (Phi) is 4.29. The van der Waals surface area contributed by atoms with Crippen LogP contribution in [0.1, 0.15) is 17.4 Å². The molecule has 2 rings (SSSR count). The molecule has 0 saturated heterocycles. The van der Waals surface area contributed by atoms with Gasteiger partial charge in [0.15, 0.2) is 0 Å². The van der Waals surface area contributed by atoms with E-state index in [9.17, 15) is 4.39 Å². The third-order valence-corrected chi connectivity index (χ3v) is 3.33. The molecule has 0 aliphatic carbocycles. The number of likely N-dealkylation sites (N-methyl/N-ethyl adjacent to an activating group) is 1. The van der Waals surface area contributed by atoms with Gasteiger partial charge in [-0.15, -0.1) is 0 Å². The number of imidazole rings is 1. The van der Waals surface area contributed by atoms with Crippen LogP contribution < -0.4 is 5.73 Å². The Morgan fingerprint density at radius 1 is 1.42 bits per heavy atom. The maximum atomic E-state index is 13.8. The van der Waals surface area contributed by atoms with Crippen molar-refractivity contribution >= 4 is 0 Å². The van der Waals surface area contributed by atoms with E-state index in [-0.39, 0.29) is 11.9 Å². The second-order valence-corrected chi connectivity index (χ2v) is 4.64. The zero-order valence-corrected chi connectivity index (χ0v) is 11.3. The number of benzene rings is 1. The molecule has 2 N–H and O–H groups in total. The Morgan fingerprint density at radius 2 is 2.16 bits per heavy atom. The first-order chi connectivity index (χ1) is 9.13. The lowest BCUT2D eigenvalue weighted by molar-refractivity contribution is 0.229. The van der Waals surface area contributed by atoms with Crippen LogP contribution in [-0.4, -0.2) is 28.0 Å². The molecule has 102 valence electrons. The Hall–Kier alpha value is -1.72. The van der Waals surface area contributed by atoms with Crippen molar-refractivity contribution in [2.45, 2.75) is 12.6 Å². The Morgan fingerprint density at radius 3 is 2.74 bits per heavy atom. The van der Waals surface area contributed by atoms with Crippen molar-refractivity contribution in [2.75, 3.05) is 13.6 Å². The largest absolute Gasteiger partial charge is 0.337 e. The fourth-order valence-corrected chi connectivity index (χ4v) is 2.17. The normalized spacial score (nSPS) is 12.9. The van der Waals surface area contributed by atoms with E-state index in [0.717, 1.165) is 5.82 Å². The predicted molar refractivity (Wildman–Crippen MR) is 72.9 cm³/mol. The van der Waals surface area contributed by atoms with Crippen molar-refractivity contribution in [1.82, 2.24) is 14.5 Å². The van der Waals surface area contributed by atoms with E-state index in [1.165, 1.54) is 6.07 Å². The number of halogens is 1. The minimum atomic E-state index is -0.218. The van der Waals surface area contributed by atoms with Crippen molar-refractivity contribution in [3.8, 4) is 0 Å². The van der Waals surface area contributed by atoms with Crippen molar-refractivity contribution in [1.29, 1.82) is 0 Å². The van der Waals surface area contributed by atoms with Gasteiger partial charge in [0.05, 0.1) is 12.6 Å². The second-order valence-electron chi connectivity index (χ2n) is 4.64. The van der Waals surface area contributed by atoms with Crippen LogP contribution >= 0.6 is 0 Å². The van der Waals surface area contributed by atoms with Gasteiger partial charge < -0.3 is 10.3 Å². The molecular formula is C14H19FN4. The highest BCUT2D eigenvalue weighted by molar-refractivity contribution is 5.21. The Balaban J connectivity index is 2.18. The number of hydrogen-bond donors (Lipinski definition) is 1. The van der Waals surface area contributed by atoms with Gasteiger partial charge in [0.2, 0.25) is 0 Å². The fraction of sp³-hybridized carbons (Fsp3) is 0.357. The summed E-state index contributed by atoms with van der Waals surface area (Å²) in [4.78, 5) is 6.29. The average Bonchev–Trinajstić information content (AvgIpc) is 2.78. The standard InChI is InChI=1S/C14H19FN4/c1-18-8-7-17-14(18)10-19(2)13(9-16)11-5-3-4-6-12(11)15/h3-8,13H,9-10,16H2,1-2H3. The van der Waals surface area contributed by atoms with Gasteiger partial charge in [0.1, 0.15) is 11.6 Å². The summed E-state index contributed by atoms with van der Waals surface area (Å²) in [5.41, 5.74) is 6.43. The van der Waals surface area contributed by atoms with Gasteiger partial charge in [0, 0.05) is 31.5 Å². The smallest absolute Gasteiger partial charge is 0.128 e. The number of hydrogen-bond acceptors (Lipinski definition) is 3. The molecule has 5 heteroatoms. The highest BCUT2D eigenvalue weighted by Gasteiger charge is 2.19. The lowest BCUT2D eigenvalue weighted by atomic mass is 10.1. The first-order valence-electron chi connectivity index (χ1n) is 6.24. The van der Waals surface area contributed by atoms with Crippen molar-refractivity contribution in [3.05, 3.63) is 53.9 Å². The van der Waals surface area contributed by atoms with E-state index in [1.54, 1.807) is 18.3 Å². The maximum Gasteiger partial charge on any atom is 0.128 e. The molecule has 0 fully saturated rings. The molecule has 19 heavy (non-hydrogen) atoms. The van der Waals surface area contributed by atoms with Gasteiger partial charge in [0.25, 0.3) is 0 Å². The SMILES string of the molecule is CN(Cc1nccn1C)C(CN)c1ccccc1F. The molecule has 0 amide bonds. The number of aromatic nitrogens is 2. The summed E-state index contributed by atoms with van der Waals surface area (Å²) in [6.07, 6.45) is 3.65. The van der Waals surface area contributed by atoms with Crippen LogP contribution in [0.4, 0.5) is 4.39 Å². The fourth-order valence-electron chi connectivity index (χ4n) is 2.17. The second kappa shape index (κ2) is 5.95. The summed E-state index contributed by atoms with van der Waals surface area (Å²) in [6.45, 7) is 0.988. The molecule has 1 atom stereocenters.